The molecular weight excluding hydrogens is 418 g/mol. The third-order valence-electron chi connectivity index (χ3n) is 5.28. The van der Waals surface area contributed by atoms with E-state index in [0.717, 1.165) is 18.7 Å². The van der Waals surface area contributed by atoms with Crippen molar-refractivity contribution in [3.63, 3.8) is 0 Å². The minimum Gasteiger partial charge on any atom is -0.491 e. The molecule has 3 aromatic rings. The molecule has 1 unspecified atom stereocenters. The zero-order chi connectivity index (χ0) is 20.9. The Kier molecular flexibility index (Phi) is 7.96. The fourth-order valence-electron chi connectivity index (χ4n) is 3.87. The summed E-state index contributed by atoms with van der Waals surface area (Å²) in [6, 6.07) is 14.8. The van der Waals surface area contributed by atoms with Gasteiger partial charge >= 0.3 is 5.97 Å². The predicted molar refractivity (Wildman–Crippen MR) is 122 cm³/mol. The van der Waals surface area contributed by atoms with Crippen molar-refractivity contribution >= 4 is 29.3 Å². The lowest BCUT2D eigenvalue weighted by molar-refractivity contribution is 0.0528. The highest BCUT2D eigenvalue weighted by molar-refractivity contribution is 6.09. The van der Waals surface area contributed by atoms with E-state index in [1.807, 2.05) is 30.3 Å². The van der Waals surface area contributed by atoms with Crippen molar-refractivity contribution in [2.24, 2.45) is 0 Å². The number of aliphatic hydroxyl groups excluding tert-OH is 1. The number of hydrogen-bond donors (Lipinski definition) is 1. The maximum Gasteiger partial charge on any atom is 0.342 e. The molecule has 2 heterocycles. The molecule has 1 saturated heterocycles. The second-order valence-corrected chi connectivity index (χ2v) is 7.52. The zero-order valence-electron chi connectivity index (χ0n) is 17.6. The van der Waals surface area contributed by atoms with Gasteiger partial charge in [-0.2, -0.15) is 0 Å². The summed E-state index contributed by atoms with van der Waals surface area (Å²) in [6.45, 7) is 4.92. The Bertz CT molecular complexity index is 998. The Morgan fingerprint density at radius 2 is 1.90 bits per heavy atom. The zero-order valence-corrected chi connectivity index (χ0v) is 18.4. The second kappa shape index (κ2) is 10.7. The summed E-state index contributed by atoms with van der Waals surface area (Å²) in [7, 11) is 0. The standard InChI is InChI=1S/C24H27NO5.ClH/c1-2-28-24(27)22-20-14-19(29-16-18(26)15-25-12-6-7-13-25)10-11-21(20)30-23(22)17-8-4-3-5-9-17;/h3-5,8-11,14,18,26H,2,6-7,12-13,15-16H2,1H3;1H. The third kappa shape index (κ3) is 5.39. The number of nitrogens with zero attached hydrogens (tertiary/aromatic N) is 1. The fourth-order valence-corrected chi connectivity index (χ4v) is 3.87. The molecule has 1 aromatic heterocycles. The molecule has 1 N–H and O–H groups in total. The lowest BCUT2D eigenvalue weighted by Gasteiger charge is -2.19. The molecule has 0 aliphatic carbocycles. The van der Waals surface area contributed by atoms with Gasteiger partial charge in [-0.3, -0.25) is 0 Å². The first-order valence-corrected chi connectivity index (χ1v) is 10.5. The molecule has 4 rings (SSSR count). The average molecular weight is 446 g/mol. The van der Waals surface area contributed by atoms with E-state index < -0.39 is 12.1 Å². The molecule has 31 heavy (non-hydrogen) atoms. The fraction of sp³-hybridized carbons (Fsp3) is 0.375. The summed E-state index contributed by atoms with van der Waals surface area (Å²) < 4.78 is 17.1. The van der Waals surface area contributed by atoms with Gasteiger partial charge in [-0.25, -0.2) is 4.79 Å². The number of carbonyl (C=O) groups is 1. The van der Waals surface area contributed by atoms with Crippen LogP contribution in [0.4, 0.5) is 0 Å². The molecule has 0 bridgehead atoms. The van der Waals surface area contributed by atoms with E-state index >= 15 is 0 Å². The van der Waals surface area contributed by atoms with Crippen LogP contribution in [0.15, 0.2) is 52.9 Å². The van der Waals surface area contributed by atoms with Crippen molar-refractivity contribution in [3.05, 3.63) is 54.1 Å². The largest absolute Gasteiger partial charge is 0.491 e. The Labute approximate surface area is 188 Å². The van der Waals surface area contributed by atoms with Gasteiger partial charge in [0.2, 0.25) is 0 Å². The van der Waals surface area contributed by atoms with E-state index in [1.165, 1.54) is 12.8 Å². The van der Waals surface area contributed by atoms with Crippen LogP contribution in [0.2, 0.25) is 0 Å². The maximum atomic E-state index is 12.7. The first-order chi connectivity index (χ1) is 14.7. The van der Waals surface area contributed by atoms with Gasteiger partial charge in [-0.1, -0.05) is 30.3 Å². The van der Waals surface area contributed by atoms with Crippen molar-refractivity contribution in [1.82, 2.24) is 4.90 Å². The van der Waals surface area contributed by atoms with Gasteiger partial charge in [0.25, 0.3) is 0 Å². The molecular formula is C24H28ClNO5. The minimum atomic E-state index is -0.562. The summed E-state index contributed by atoms with van der Waals surface area (Å²) >= 11 is 0. The van der Waals surface area contributed by atoms with Gasteiger partial charge in [0.05, 0.1) is 6.61 Å². The van der Waals surface area contributed by atoms with Crippen molar-refractivity contribution in [2.75, 3.05) is 32.8 Å². The number of halogens is 1. The van der Waals surface area contributed by atoms with E-state index in [4.69, 9.17) is 13.9 Å². The van der Waals surface area contributed by atoms with Crippen LogP contribution < -0.4 is 4.74 Å². The summed E-state index contributed by atoms with van der Waals surface area (Å²) in [5, 5.41) is 10.9. The number of benzene rings is 2. The number of hydrogen-bond acceptors (Lipinski definition) is 6. The molecule has 0 spiro atoms. The molecule has 0 amide bonds. The van der Waals surface area contributed by atoms with Crippen LogP contribution in [-0.4, -0.2) is 54.9 Å². The molecule has 1 aliphatic rings. The summed E-state index contributed by atoms with van der Waals surface area (Å²) in [4.78, 5) is 15.0. The molecule has 0 saturated carbocycles. The Morgan fingerprint density at radius 3 is 2.61 bits per heavy atom. The summed E-state index contributed by atoms with van der Waals surface area (Å²) in [5.74, 6) is 0.630. The SMILES string of the molecule is CCOC(=O)c1c(-c2ccccc2)oc2ccc(OCC(O)CN3CCCC3)cc12.Cl. The number of esters is 1. The highest BCUT2D eigenvalue weighted by atomic mass is 35.5. The van der Waals surface area contributed by atoms with Gasteiger partial charge < -0.3 is 23.9 Å². The molecule has 0 radical (unpaired) electrons. The van der Waals surface area contributed by atoms with Crippen molar-refractivity contribution < 1.29 is 23.8 Å². The van der Waals surface area contributed by atoms with Crippen LogP contribution in [0.3, 0.4) is 0 Å². The maximum absolute atomic E-state index is 12.7. The average Bonchev–Trinajstić information content (AvgIpc) is 3.40. The monoisotopic (exact) mass is 445 g/mol. The quantitative estimate of drug-likeness (QED) is 0.513. The second-order valence-electron chi connectivity index (χ2n) is 7.52. The number of aliphatic hydroxyl groups is 1. The number of β-amino-alcohol motifs (C(OH)–C–C–N with tert-alkyl or cyclic N) is 1. The van der Waals surface area contributed by atoms with Gasteiger partial charge in [0.1, 0.15) is 35.4 Å². The Hall–Kier alpha value is -2.54. The van der Waals surface area contributed by atoms with Gasteiger partial charge in [0, 0.05) is 17.5 Å². The normalized spacial score (nSPS) is 14.9. The van der Waals surface area contributed by atoms with Crippen molar-refractivity contribution in [3.8, 4) is 17.1 Å². The molecule has 7 heteroatoms. The lowest BCUT2D eigenvalue weighted by atomic mass is 10.1. The summed E-state index contributed by atoms with van der Waals surface area (Å²) in [5.41, 5.74) is 1.78. The van der Waals surface area contributed by atoms with E-state index in [9.17, 15) is 9.90 Å². The Balaban J connectivity index is 0.00000272. The van der Waals surface area contributed by atoms with Crippen LogP contribution >= 0.6 is 12.4 Å². The number of rotatable bonds is 8. The van der Waals surface area contributed by atoms with Gasteiger partial charge in [-0.15, -0.1) is 12.4 Å². The molecule has 166 valence electrons. The molecule has 1 atom stereocenters. The minimum absolute atomic E-state index is 0. The third-order valence-corrected chi connectivity index (χ3v) is 5.28. The lowest BCUT2D eigenvalue weighted by Crippen LogP contribution is -2.33. The van der Waals surface area contributed by atoms with E-state index in [0.29, 0.717) is 34.6 Å². The highest BCUT2D eigenvalue weighted by Gasteiger charge is 2.24. The first kappa shape index (κ1) is 23.1. The van der Waals surface area contributed by atoms with Crippen LogP contribution in [-0.2, 0) is 4.74 Å². The topological polar surface area (TPSA) is 72.1 Å². The molecule has 1 aliphatic heterocycles. The predicted octanol–water partition coefficient (Wildman–Crippen LogP) is 4.53. The number of carbonyl (C=O) groups excluding carboxylic acids is 1. The number of likely N-dealkylation sites (tertiary alicyclic amines) is 1. The van der Waals surface area contributed by atoms with Crippen LogP contribution in [0.1, 0.15) is 30.1 Å². The van der Waals surface area contributed by atoms with Crippen LogP contribution in [0.5, 0.6) is 5.75 Å². The van der Waals surface area contributed by atoms with E-state index in [-0.39, 0.29) is 25.6 Å². The molecule has 1 fully saturated rings. The Morgan fingerprint density at radius 1 is 1.16 bits per heavy atom. The molecule has 2 aromatic carbocycles. The molecule has 6 nitrogen and oxygen atoms in total. The number of furan rings is 1. The first-order valence-electron chi connectivity index (χ1n) is 10.5. The smallest absolute Gasteiger partial charge is 0.342 e. The summed E-state index contributed by atoms with van der Waals surface area (Å²) in [6.07, 6.45) is 1.81. The van der Waals surface area contributed by atoms with Crippen LogP contribution in [0, 0.1) is 0 Å². The van der Waals surface area contributed by atoms with E-state index in [2.05, 4.69) is 4.90 Å². The highest BCUT2D eigenvalue weighted by Crippen LogP contribution is 2.36. The van der Waals surface area contributed by atoms with Crippen molar-refractivity contribution in [2.45, 2.75) is 25.9 Å². The van der Waals surface area contributed by atoms with Crippen molar-refractivity contribution in [1.29, 1.82) is 0 Å². The van der Waals surface area contributed by atoms with Crippen LogP contribution in [0.25, 0.3) is 22.3 Å². The number of ether oxygens (including phenoxy) is 2. The van der Waals surface area contributed by atoms with Gasteiger partial charge in [0.15, 0.2) is 0 Å². The van der Waals surface area contributed by atoms with Gasteiger partial charge in [-0.05, 0) is 51.1 Å². The number of fused-ring (bicyclic) bond motifs is 1. The van der Waals surface area contributed by atoms with E-state index in [1.54, 1.807) is 25.1 Å².